The zero-order valence-electron chi connectivity index (χ0n) is 8.38. The quantitative estimate of drug-likeness (QED) is 0.530. The summed E-state index contributed by atoms with van der Waals surface area (Å²) in [7, 11) is 0. The summed E-state index contributed by atoms with van der Waals surface area (Å²) in [4.78, 5) is 8.95. The lowest BCUT2D eigenvalue weighted by Crippen LogP contribution is -1.87. The van der Waals surface area contributed by atoms with Crippen LogP contribution in [0.25, 0.3) is 22.1 Å². The number of hydrogen-bond donors (Lipinski definition) is 0. The first kappa shape index (κ1) is 8.81. The number of hydrogen-bond acceptors (Lipinski definition) is 3. The molecule has 0 aliphatic heterocycles. The number of benzene rings is 2. The molecule has 0 bridgehead atoms. The molecule has 0 spiro atoms. The van der Waals surface area contributed by atoms with Gasteiger partial charge < -0.3 is 0 Å². The van der Waals surface area contributed by atoms with Gasteiger partial charge in [-0.2, -0.15) is 5.26 Å². The van der Waals surface area contributed by atoms with Crippen LogP contribution in [-0.2, 0) is 0 Å². The molecule has 0 amide bonds. The molecule has 1 heterocycles. The number of rotatable bonds is 0. The van der Waals surface area contributed by atoms with Gasteiger partial charge >= 0.3 is 0 Å². The van der Waals surface area contributed by atoms with E-state index in [1.807, 2.05) is 30.3 Å². The summed E-state index contributed by atoms with van der Waals surface area (Å²) in [6.07, 6.45) is 0. The first-order valence-corrected chi connectivity index (χ1v) is 4.93. The Kier molecular flexibility index (Phi) is 1.81. The molecular weight excluding hydrogens is 198 g/mol. The van der Waals surface area contributed by atoms with E-state index >= 15 is 0 Å². The van der Waals surface area contributed by atoms with Crippen LogP contribution in [0.4, 0.5) is 0 Å². The molecule has 0 unspecified atom stereocenters. The molecular formula is C13H7N3. The lowest BCUT2D eigenvalue weighted by Gasteiger charge is -2.00. The normalized spacial score (nSPS) is 10.4. The molecule has 74 valence electrons. The van der Waals surface area contributed by atoms with Crippen LogP contribution in [0.3, 0.4) is 0 Å². The summed E-state index contributed by atoms with van der Waals surface area (Å²) < 4.78 is 0. The fourth-order valence-corrected chi connectivity index (χ4v) is 1.69. The molecule has 3 rings (SSSR count). The van der Waals surface area contributed by atoms with Crippen molar-refractivity contribution in [2.75, 3.05) is 0 Å². The molecule has 3 aromatic rings. The number of nitrogens with zero attached hydrogens (tertiary/aromatic N) is 3. The van der Waals surface area contributed by atoms with Crippen molar-refractivity contribution in [2.24, 2.45) is 0 Å². The minimum Gasteiger partial charge on any atom is -0.245 e. The molecule has 0 aliphatic rings. The zero-order valence-corrected chi connectivity index (χ0v) is 8.38. The van der Waals surface area contributed by atoms with E-state index in [0.29, 0.717) is 5.56 Å². The molecule has 0 saturated carbocycles. The van der Waals surface area contributed by atoms with Gasteiger partial charge in [-0.25, -0.2) is 9.97 Å². The highest BCUT2D eigenvalue weighted by Crippen LogP contribution is 2.16. The Morgan fingerprint density at radius 2 is 1.44 bits per heavy atom. The van der Waals surface area contributed by atoms with Crippen molar-refractivity contribution in [1.82, 2.24) is 9.97 Å². The molecule has 0 atom stereocenters. The van der Waals surface area contributed by atoms with Gasteiger partial charge in [0, 0.05) is 0 Å². The Morgan fingerprint density at radius 1 is 0.812 bits per heavy atom. The van der Waals surface area contributed by atoms with Crippen molar-refractivity contribution in [3.8, 4) is 6.07 Å². The third-order valence-electron chi connectivity index (χ3n) is 2.47. The summed E-state index contributed by atoms with van der Waals surface area (Å²) in [6.45, 7) is 0. The van der Waals surface area contributed by atoms with E-state index in [0.717, 1.165) is 22.1 Å². The van der Waals surface area contributed by atoms with Gasteiger partial charge in [0.15, 0.2) is 0 Å². The van der Waals surface area contributed by atoms with Crippen LogP contribution < -0.4 is 0 Å². The van der Waals surface area contributed by atoms with Crippen LogP contribution >= 0.6 is 0 Å². The molecule has 1 aromatic heterocycles. The second-order valence-electron chi connectivity index (χ2n) is 3.53. The second kappa shape index (κ2) is 3.28. The second-order valence-corrected chi connectivity index (χ2v) is 3.53. The Labute approximate surface area is 92.0 Å². The van der Waals surface area contributed by atoms with E-state index in [1.165, 1.54) is 0 Å². The van der Waals surface area contributed by atoms with Crippen LogP contribution in [-0.4, -0.2) is 9.97 Å². The van der Waals surface area contributed by atoms with Crippen molar-refractivity contribution < 1.29 is 0 Å². The highest BCUT2D eigenvalue weighted by Gasteiger charge is 2.01. The third-order valence-corrected chi connectivity index (χ3v) is 2.47. The maximum absolute atomic E-state index is 8.81. The lowest BCUT2D eigenvalue weighted by atomic mass is 10.2. The Balaban J connectivity index is 2.43. The fourth-order valence-electron chi connectivity index (χ4n) is 1.69. The van der Waals surface area contributed by atoms with Crippen molar-refractivity contribution in [1.29, 1.82) is 5.26 Å². The number of nitriles is 1. The first-order valence-electron chi connectivity index (χ1n) is 4.93. The van der Waals surface area contributed by atoms with Crippen molar-refractivity contribution in [3.63, 3.8) is 0 Å². The summed E-state index contributed by atoms with van der Waals surface area (Å²) in [5.41, 5.74) is 3.91. The molecule has 0 radical (unpaired) electrons. The molecule has 0 fully saturated rings. The minimum atomic E-state index is 0.608. The Morgan fingerprint density at radius 3 is 2.12 bits per heavy atom. The van der Waals surface area contributed by atoms with E-state index in [9.17, 15) is 0 Å². The molecule has 0 N–H and O–H groups in total. The number of fused-ring (bicyclic) bond motifs is 2. The van der Waals surface area contributed by atoms with Gasteiger partial charge in [0.1, 0.15) is 0 Å². The lowest BCUT2D eigenvalue weighted by molar-refractivity contribution is 1.38. The van der Waals surface area contributed by atoms with Crippen LogP contribution in [0.15, 0.2) is 42.5 Å². The molecule has 3 heteroatoms. The van der Waals surface area contributed by atoms with Gasteiger partial charge in [-0.15, -0.1) is 0 Å². The number of aromatic nitrogens is 2. The van der Waals surface area contributed by atoms with Gasteiger partial charge in [0.2, 0.25) is 0 Å². The van der Waals surface area contributed by atoms with E-state index in [2.05, 4.69) is 16.0 Å². The SMILES string of the molecule is N#Cc1ccc2nc3ccccc3nc2c1. The van der Waals surface area contributed by atoms with Crippen LogP contribution in [0.2, 0.25) is 0 Å². The minimum absolute atomic E-state index is 0.608. The molecule has 16 heavy (non-hydrogen) atoms. The van der Waals surface area contributed by atoms with Gasteiger partial charge in [-0.05, 0) is 30.3 Å². The largest absolute Gasteiger partial charge is 0.245 e. The van der Waals surface area contributed by atoms with Gasteiger partial charge in [-0.3, -0.25) is 0 Å². The summed E-state index contributed by atoms with van der Waals surface area (Å²) in [5, 5.41) is 8.81. The first-order chi connectivity index (χ1) is 7.86. The van der Waals surface area contributed by atoms with Gasteiger partial charge in [0.05, 0.1) is 33.7 Å². The number of para-hydroxylation sites is 2. The predicted octanol–water partition coefficient (Wildman–Crippen LogP) is 2.65. The zero-order chi connectivity index (χ0) is 11.0. The summed E-state index contributed by atoms with van der Waals surface area (Å²) >= 11 is 0. The van der Waals surface area contributed by atoms with E-state index < -0.39 is 0 Å². The highest BCUT2D eigenvalue weighted by molar-refractivity contribution is 5.86. The van der Waals surface area contributed by atoms with E-state index in [4.69, 9.17) is 5.26 Å². The Hall–Kier alpha value is -2.47. The van der Waals surface area contributed by atoms with Gasteiger partial charge in [-0.1, -0.05) is 12.1 Å². The van der Waals surface area contributed by atoms with Gasteiger partial charge in [0.25, 0.3) is 0 Å². The average molecular weight is 205 g/mol. The maximum Gasteiger partial charge on any atom is 0.0992 e. The maximum atomic E-state index is 8.81. The van der Waals surface area contributed by atoms with Crippen molar-refractivity contribution >= 4 is 22.1 Å². The van der Waals surface area contributed by atoms with Crippen LogP contribution in [0, 0.1) is 11.3 Å². The smallest absolute Gasteiger partial charge is 0.0992 e. The molecule has 0 aliphatic carbocycles. The van der Waals surface area contributed by atoms with Crippen molar-refractivity contribution in [2.45, 2.75) is 0 Å². The molecule has 3 nitrogen and oxygen atoms in total. The van der Waals surface area contributed by atoms with Crippen molar-refractivity contribution in [3.05, 3.63) is 48.0 Å². The Bertz CT molecular complexity index is 726. The highest BCUT2D eigenvalue weighted by atomic mass is 14.8. The predicted molar refractivity (Wildman–Crippen MR) is 61.8 cm³/mol. The molecule has 2 aromatic carbocycles. The molecule has 0 saturated heterocycles. The third kappa shape index (κ3) is 1.29. The standard InChI is InChI=1S/C13H7N3/c14-8-9-5-6-12-13(7-9)16-11-4-2-1-3-10(11)15-12/h1-7H. The monoisotopic (exact) mass is 205 g/mol. The summed E-state index contributed by atoms with van der Waals surface area (Å²) in [5.74, 6) is 0. The topological polar surface area (TPSA) is 49.6 Å². The van der Waals surface area contributed by atoms with E-state index in [-0.39, 0.29) is 0 Å². The fraction of sp³-hybridized carbons (Fsp3) is 0. The van der Waals surface area contributed by atoms with Crippen LogP contribution in [0.1, 0.15) is 5.56 Å². The average Bonchev–Trinajstić information content (AvgIpc) is 2.35. The van der Waals surface area contributed by atoms with E-state index in [1.54, 1.807) is 12.1 Å². The summed E-state index contributed by atoms with van der Waals surface area (Å²) in [6, 6.07) is 15.2. The van der Waals surface area contributed by atoms with Crippen LogP contribution in [0.5, 0.6) is 0 Å².